The summed E-state index contributed by atoms with van der Waals surface area (Å²) in [6, 6.07) is 9.60. The van der Waals surface area contributed by atoms with Crippen LogP contribution in [0.25, 0.3) is 16.9 Å². The van der Waals surface area contributed by atoms with Crippen molar-refractivity contribution in [2.24, 2.45) is 0 Å². The molecule has 0 atom stereocenters. The van der Waals surface area contributed by atoms with Gasteiger partial charge in [0.05, 0.1) is 17.8 Å². The number of rotatable bonds is 5. The lowest BCUT2D eigenvalue weighted by molar-refractivity contribution is 0.0949. The van der Waals surface area contributed by atoms with Crippen molar-refractivity contribution < 1.29 is 13.7 Å². The Balaban J connectivity index is 1.32. The Bertz CT molecular complexity index is 1160. The third-order valence-corrected chi connectivity index (χ3v) is 4.67. The van der Waals surface area contributed by atoms with E-state index in [-0.39, 0.29) is 18.3 Å². The van der Waals surface area contributed by atoms with E-state index >= 15 is 0 Å². The minimum Gasteiger partial charge on any atom is -0.345 e. The number of amides is 1. The van der Waals surface area contributed by atoms with Gasteiger partial charge in [0.2, 0.25) is 5.89 Å². The first-order valence-electron chi connectivity index (χ1n) is 9.01. The molecule has 3 aromatic heterocycles. The fraction of sp³-hybridized carbons (Fsp3) is 0.200. The molecule has 1 N–H and O–H groups in total. The molecule has 1 aliphatic rings. The lowest BCUT2D eigenvalue weighted by Gasteiger charge is -2.03. The molecule has 0 aliphatic heterocycles. The number of hydrogen-bond donors (Lipinski definition) is 1. The second-order valence-corrected chi connectivity index (χ2v) is 6.82. The van der Waals surface area contributed by atoms with Crippen LogP contribution in [0.2, 0.25) is 0 Å². The van der Waals surface area contributed by atoms with Gasteiger partial charge in [-0.1, -0.05) is 5.16 Å². The average molecular weight is 377 g/mol. The van der Waals surface area contributed by atoms with E-state index in [9.17, 15) is 9.18 Å². The molecule has 1 saturated carbocycles. The SMILES string of the molecule is O=C(NCc1noc(C2CC2)n1)c1ccc2nc(-c3ccc(F)cc3)cn2c1. The highest BCUT2D eigenvalue weighted by molar-refractivity contribution is 5.94. The van der Waals surface area contributed by atoms with E-state index in [1.807, 2.05) is 0 Å². The zero-order valence-corrected chi connectivity index (χ0v) is 14.8. The van der Waals surface area contributed by atoms with Crippen molar-refractivity contribution in [1.82, 2.24) is 24.8 Å². The van der Waals surface area contributed by atoms with Gasteiger partial charge in [0.15, 0.2) is 5.82 Å². The van der Waals surface area contributed by atoms with Crippen molar-refractivity contribution in [3.8, 4) is 11.3 Å². The van der Waals surface area contributed by atoms with E-state index < -0.39 is 0 Å². The summed E-state index contributed by atoms with van der Waals surface area (Å²) >= 11 is 0. The summed E-state index contributed by atoms with van der Waals surface area (Å²) < 4.78 is 20.1. The van der Waals surface area contributed by atoms with Crippen molar-refractivity contribution >= 4 is 11.6 Å². The Hall–Kier alpha value is -3.55. The molecule has 0 bridgehead atoms. The molecule has 5 rings (SSSR count). The van der Waals surface area contributed by atoms with Crippen molar-refractivity contribution in [1.29, 1.82) is 0 Å². The summed E-state index contributed by atoms with van der Waals surface area (Å²) in [7, 11) is 0. The Morgan fingerprint density at radius 1 is 1.14 bits per heavy atom. The zero-order chi connectivity index (χ0) is 19.1. The minimum atomic E-state index is -0.294. The summed E-state index contributed by atoms with van der Waals surface area (Å²) in [5.74, 6) is 0.972. The molecule has 0 radical (unpaired) electrons. The molecule has 1 fully saturated rings. The van der Waals surface area contributed by atoms with E-state index in [4.69, 9.17) is 4.52 Å². The van der Waals surface area contributed by atoms with Crippen LogP contribution in [0.3, 0.4) is 0 Å². The maximum atomic E-state index is 13.1. The lowest BCUT2D eigenvalue weighted by Crippen LogP contribution is -2.23. The maximum Gasteiger partial charge on any atom is 0.253 e. The Morgan fingerprint density at radius 3 is 2.75 bits per heavy atom. The van der Waals surface area contributed by atoms with E-state index in [2.05, 4.69) is 20.4 Å². The fourth-order valence-corrected chi connectivity index (χ4v) is 2.98. The summed E-state index contributed by atoms with van der Waals surface area (Å²) in [5.41, 5.74) is 2.70. The van der Waals surface area contributed by atoms with Gasteiger partial charge in [-0.3, -0.25) is 4.79 Å². The highest BCUT2D eigenvalue weighted by Gasteiger charge is 2.29. The number of halogens is 1. The number of pyridine rings is 1. The smallest absolute Gasteiger partial charge is 0.253 e. The lowest BCUT2D eigenvalue weighted by atomic mass is 10.2. The normalized spacial score (nSPS) is 13.8. The first-order valence-corrected chi connectivity index (χ1v) is 9.01. The van der Waals surface area contributed by atoms with Crippen LogP contribution in [0.1, 0.15) is 40.8 Å². The summed E-state index contributed by atoms with van der Waals surface area (Å²) in [6.07, 6.45) is 5.68. The van der Waals surface area contributed by atoms with Gasteiger partial charge in [-0.15, -0.1) is 0 Å². The van der Waals surface area contributed by atoms with Crippen LogP contribution in [0.5, 0.6) is 0 Å². The molecule has 4 aromatic rings. The quantitative estimate of drug-likeness (QED) is 0.577. The van der Waals surface area contributed by atoms with Crippen LogP contribution in [-0.4, -0.2) is 25.4 Å². The summed E-state index contributed by atoms with van der Waals surface area (Å²) in [4.78, 5) is 21.3. The van der Waals surface area contributed by atoms with Crippen LogP contribution < -0.4 is 5.32 Å². The number of carbonyl (C=O) groups is 1. The fourth-order valence-electron chi connectivity index (χ4n) is 2.98. The van der Waals surface area contributed by atoms with Gasteiger partial charge >= 0.3 is 0 Å². The Morgan fingerprint density at radius 2 is 1.96 bits per heavy atom. The van der Waals surface area contributed by atoms with Gasteiger partial charge in [0, 0.05) is 23.9 Å². The van der Waals surface area contributed by atoms with Gasteiger partial charge in [-0.25, -0.2) is 9.37 Å². The zero-order valence-electron chi connectivity index (χ0n) is 14.8. The molecule has 7 nitrogen and oxygen atoms in total. The second kappa shape index (κ2) is 6.56. The van der Waals surface area contributed by atoms with E-state index in [0.29, 0.717) is 34.5 Å². The molecule has 1 aromatic carbocycles. The minimum absolute atomic E-state index is 0.206. The highest BCUT2D eigenvalue weighted by atomic mass is 19.1. The van der Waals surface area contributed by atoms with Crippen LogP contribution in [0, 0.1) is 5.82 Å². The Labute approximate surface area is 159 Å². The molecule has 0 saturated heterocycles. The third-order valence-electron chi connectivity index (χ3n) is 4.67. The molecular weight excluding hydrogens is 361 g/mol. The maximum absolute atomic E-state index is 13.1. The number of aromatic nitrogens is 4. The van der Waals surface area contributed by atoms with E-state index in [1.165, 1.54) is 12.1 Å². The first kappa shape index (κ1) is 16.6. The van der Waals surface area contributed by atoms with Gasteiger partial charge in [0.25, 0.3) is 5.91 Å². The predicted molar refractivity (Wildman–Crippen MR) is 98.0 cm³/mol. The second-order valence-electron chi connectivity index (χ2n) is 6.82. The topological polar surface area (TPSA) is 85.3 Å². The number of nitrogens with one attached hydrogen (secondary N) is 1. The average Bonchev–Trinajstić information content (AvgIpc) is 3.30. The monoisotopic (exact) mass is 377 g/mol. The van der Waals surface area contributed by atoms with Crippen LogP contribution >= 0.6 is 0 Å². The number of fused-ring (bicyclic) bond motifs is 1. The molecule has 3 heterocycles. The molecule has 28 heavy (non-hydrogen) atoms. The van der Waals surface area contributed by atoms with E-state index in [1.54, 1.807) is 41.1 Å². The van der Waals surface area contributed by atoms with Crippen LogP contribution in [0.4, 0.5) is 4.39 Å². The summed E-state index contributed by atoms with van der Waals surface area (Å²) in [5, 5.41) is 6.69. The number of benzene rings is 1. The standard InChI is InChI=1S/C20H16FN5O2/c21-15-6-3-12(4-7-15)16-11-26-10-14(5-8-18(26)23-16)19(27)22-9-17-24-20(28-25-17)13-1-2-13/h3-8,10-11,13H,1-2,9H2,(H,22,27). The predicted octanol–water partition coefficient (Wildman–Crippen LogP) is 3.33. The summed E-state index contributed by atoms with van der Waals surface area (Å²) in [6.45, 7) is 0.206. The highest BCUT2D eigenvalue weighted by Crippen LogP contribution is 2.38. The van der Waals surface area contributed by atoms with Gasteiger partial charge in [-0.2, -0.15) is 4.98 Å². The molecule has 1 amide bonds. The van der Waals surface area contributed by atoms with Gasteiger partial charge < -0.3 is 14.2 Å². The molecular formula is C20H16FN5O2. The molecule has 1 aliphatic carbocycles. The molecule has 140 valence electrons. The molecule has 0 spiro atoms. The van der Waals surface area contributed by atoms with Crippen LogP contribution in [0.15, 0.2) is 53.3 Å². The Kier molecular flexibility index (Phi) is 3.89. The van der Waals surface area contributed by atoms with Crippen molar-refractivity contribution in [3.05, 3.63) is 71.9 Å². The number of imidazole rings is 1. The largest absolute Gasteiger partial charge is 0.345 e. The molecule has 8 heteroatoms. The van der Waals surface area contributed by atoms with Crippen LogP contribution in [-0.2, 0) is 6.54 Å². The van der Waals surface area contributed by atoms with Crippen molar-refractivity contribution in [2.75, 3.05) is 0 Å². The number of hydrogen-bond acceptors (Lipinski definition) is 5. The van der Waals surface area contributed by atoms with Gasteiger partial charge in [0.1, 0.15) is 11.5 Å². The van der Waals surface area contributed by atoms with Crippen molar-refractivity contribution in [2.45, 2.75) is 25.3 Å². The third kappa shape index (κ3) is 3.24. The van der Waals surface area contributed by atoms with Crippen molar-refractivity contribution in [3.63, 3.8) is 0 Å². The number of nitrogens with zero attached hydrogens (tertiary/aromatic N) is 4. The number of carbonyl (C=O) groups excluding carboxylic acids is 1. The first-order chi connectivity index (χ1) is 13.7. The van der Waals surface area contributed by atoms with Gasteiger partial charge in [-0.05, 0) is 49.2 Å². The van der Waals surface area contributed by atoms with E-state index in [0.717, 1.165) is 18.4 Å². The molecule has 0 unspecified atom stereocenters.